The van der Waals surface area contributed by atoms with Crippen molar-refractivity contribution in [2.45, 2.75) is 58.4 Å². The van der Waals surface area contributed by atoms with Crippen molar-refractivity contribution in [3.63, 3.8) is 0 Å². The van der Waals surface area contributed by atoms with Crippen molar-refractivity contribution in [2.24, 2.45) is 0 Å². The van der Waals surface area contributed by atoms with E-state index >= 15 is 0 Å². The second-order valence-electron chi connectivity index (χ2n) is 6.51. The Morgan fingerprint density at radius 1 is 1.27 bits per heavy atom. The third-order valence-corrected chi connectivity index (χ3v) is 4.42. The molecule has 1 aliphatic heterocycles. The highest BCUT2D eigenvalue weighted by Gasteiger charge is 2.58. The molecule has 0 spiro atoms. The Kier molecular flexibility index (Phi) is 4.61. The first-order chi connectivity index (χ1) is 10.3. The summed E-state index contributed by atoms with van der Waals surface area (Å²) >= 11 is 0. The van der Waals surface area contributed by atoms with Crippen LogP contribution in [0.25, 0.3) is 0 Å². The minimum Gasteiger partial charge on any atom is -0.438 e. The lowest BCUT2D eigenvalue weighted by Gasteiger charge is -2.37. The molecule has 1 N–H and O–H groups in total. The first kappa shape index (κ1) is 16.6. The van der Waals surface area contributed by atoms with Crippen molar-refractivity contribution < 1.29 is 14.6 Å². The molecular weight excluding hydrogens is 278 g/mol. The number of hydrogen-bond acceptors (Lipinski definition) is 3. The van der Waals surface area contributed by atoms with E-state index < -0.39 is 17.4 Å². The van der Waals surface area contributed by atoms with Crippen LogP contribution in [0.4, 0.5) is 4.79 Å². The summed E-state index contributed by atoms with van der Waals surface area (Å²) in [6.45, 7) is 7.86. The van der Waals surface area contributed by atoms with E-state index in [4.69, 9.17) is 4.74 Å². The smallest absolute Gasteiger partial charge is 0.413 e. The number of carbonyl (C=O) groups excluding carboxylic acids is 1. The molecule has 120 valence electrons. The summed E-state index contributed by atoms with van der Waals surface area (Å²) < 4.78 is 5.54. The number of rotatable bonds is 5. The van der Waals surface area contributed by atoms with Gasteiger partial charge in [-0.1, -0.05) is 42.0 Å². The highest BCUT2D eigenvalue weighted by molar-refractivity contribution is 5.72. The normalized spacial score (nSPS) is 27.7. The summed E-state index contributed by atoms with van der Waals surface area (Å²) in [6, 6.07) is 9.62. The molecule has 22 heavy (non-hydrogen) atoms. The van der Waals surface area contributed by atoms with E-state index in [-0.39, 0.29) is 0 Å². The molecule has 0 aliphatic carbocycles. The van der Waals surface area contributed by atoms with Gasteiger partial charge >= 0.3 is 6.09 Å². The lowest BCUT2D eigenvalue weighted by molar-refractivity contribution is -0.141. The summed E-state index contributed by atoms with van der Waals surface area (Å²) in [5.74, 6) is 0. The first-order valence-electron chi connectivity index (χ1n) is 7.66. The van der Waals surface area contributed by atoms with Gasteiger partial charge in [0.15, 0.2) is 11.3 Å². The monoisotopic (exact) mass is 303 g/mol. The Morgan fingerprint density at radius 3 is 2.50 bits per heavy atom. The number of aliphatic hydroxyl groups is 1. The molecule has 0 aromatic heterocycles. The van der Waals surface area contributed by atoms with Crippen molar-refractivity contribution in [2.75, 3.05) is 0 Å². The van der Waals surface area contributed by atoms with Crippen LogP contribution in [0, 0.1) is 0 Å². The van der Waals surface area contributed by atoms with E-state index in [1.807, 2.05) is 44.2 Å². The van der Waals surface area contributed by atoms with E-state index in [9.17, 15) is 9.90 Å². The van der Waals surface area contributed by atoms with Gasteiger partial charge in [-0.15, -0.1) is 0 Å². The molecule has 1 aliphatic rings. The molecule has 0 unspecified atom stereocenters. The zero-order valence-electron chi connectivity index (χ0n) is 13.8. The van der Waals surface area contributed by atoms with E-state index in [2.05, 4.69) is 6.08 Å². The number of cyclic esters (lactones) is 1. The molecule has 4 nitrogen and oxygen atoms in total. The van der Waals surface area contributed by atoms with Gasteiger partial charge in [-0.3, -0.25) is 4.90 Å². The molecule has 0 bridgehead atoms. The van der Waals surface area contributed by atoms with Crippen LogP contribution in [0.15, 0.2) is 42.0 Å². The summed E-state index contributed by atoms with van der Waals surface area (Å²) in [4.78, 5) is 13.6. The molecule has 2 atom stereocenters. The molecule has 1 saturated heterocycles. The zero-order valence-corrected chi connectivity index (χ0v) is 13.8. The number of benzene rings is 1. The predicted octanol–water partition coefficient (Wildman–Crippen LogP) is 3.85. The Balaban J connectivity index is 2.16. The lowest BCUT2D eigenvalue weighted by Crippen LogP contribution is -2.54. The van der Waals surface area contributed by atoms with Crippen LogP contribution in [-0.4, -0.2) is 27.4 Å². The summed E-state index contributed by atoms with van der Waals surface area (Å²) in [5, 5.41) is 10.9. The quantitative estimate of drug-likeness (QED) is 0.840. The standard InChI is InChI=1S/C18H25NO3/c1-14(2)9-8-12-17(3)18(4,21)19(16(20)22-17)13-15-10-6-5-7-11-15/h5-7,9-11,21H,8,12-13H2,1-4H3/t17-,18+/m0/s1. The minimum atomic E-state index is -1.34. The number of nitrogens with zero attached hydrogens (tertiary/aromatic N) is 1. The van der Waals surface area contributed by atoms with Gasteiger partial charge in [-0.05, 0) is 46.1 Å². The van der Waals surface area contributed by atoms with Crippen LogP contribution in [0.3, 0.4) is 0 Å². The van der Waals surface area contributed by atoms with Gasteiger partial charge in [-0.25, -0.2) is 4.79 Å². The van der Waals surface area contributed by atoms with Gasteiger partial charge < -0.3 is 9.84 Å². The number of amides is 1. The maximum atomic E-state index is 12.2. The fraction of sp³-hybridized carbons (Fsp3) is 0.500. The van der Waals surface area contributed by atoms with Gasteiger partial charge in [0.05, 0.1) is 6.54 Å². The molecule has 1 heterocycles. The van der Waals surface area contributed by atoms with Crippen LogP contribution in [-0.2, 0) is 11.3 Å². The van der Waals surface area contributed by atoms with Crippen LogP contribution >= 0.6 is 0 Å². The third kappa shape index (κ3) is 3.17. The number of hydrogen-bond donors (Lipinski definition) is 1. The molecule has 0 radical (unpaired) electrons. The van der Waals surface area contributed by atoms with E-state index in [1.165, 1.54) is 10.5 Å². The second-order valence-corrected chi connectivity index (χ2v) is 6.51. The molecule has 2 rings (SSSR count). The number of allylic oxidation sites excluding steroid dienone is 2. The molecule has 4 heteroatoms. The van der Waals surface area contributed by atoms with E-state index in [0.29, 0.717) is 13.0 Å². The lowest BCUT2D eigenvalue weighted by atomic mass is 9.88. The van der Waals surface area contributed by atoms with Crippen molar-refractivity contribution in [1.29, 1.82) is 0 Å². The molecule has 1 aromatic rings. The van der Waals surface area contributed by atoms with Crippen molar-refractivity contribution in [3.05, 3.63) is 47.5 Å². The van der Waals surface area contributed by atoms with Gasteiger partial charge in [-0.2, -0.15) is 0 Å². The molecule has 1 amide bonds. The Labute approximate surface area is 132 Å². The first-order valence-corrected chi connectivity index (χ1v) is 7.66. The SMILES string of the molecule is CC(C)=CCC[C@]1(C)OC(=O)N(Cc2ccccc2)[C@]1(C)O. The third-order valence-electron chi connectivity index (χ3n) is 4.42. The van der Waals surface area contributed by atoms with Crippen LogP contribution in [0.1, 0.15) is 46.1 Å². The Morgan fingerprint density at radius 2 is 1.91 bits per heavy atom. The average molecular weight is 303 g/mol. The minimum absolute atomic E-state index is 0.338. The van der Waals surface area contributed by atoms with Crippen LogP contribution in [0.2, 0.25) is 0 Å². The van der Waals surface area contributed by atoms with E-state index in [0.717, 1.165) is 12.0 Å². The van der Waals surface area contributed by atoms with Gasteiger partial charge in [0.2, 0.25) is 0 Å². The molecule has 0 saturated carbocycles. The predicted molar refractivity (Wildman–Crippen MR) is 86.2 cm³/mol. The van der Waals surface area contributed by atoms with Crippen molar-refractivity contribution in [1.82, 2.24) is 4.90 Å². The maximum Gasteiger partial charge on any atom is 0.413 e. The molecule has 1 fully saturated rings. The van der Waals surface area contributed by atoms with Gasteiger partial charge in [0.1, 0.15) is 0 Å². The highest BCUT2D eigenvalue weighted by atomic mass is 16.6. The highest BCUT2D eigenvalue weighted by Crippen LogP contribution is 2.41. The molecule has 1 aromatic carbocycles. The average Bonchev–Trinajstić information content (AvgIpc) is 2.60. The summed E-state index contributed by atoms with van der Waals surface area (Å²) in [7, 11) is 0. The van der Waals surface area contributed by atoms with Crippen LogP contribution < -0.4 is 0 Å². The second kappa shape index (κ2) is 6.13. The van der Waals surface area contributed by atoms with Crippen molar-refractivity contribution in [3.8, 4) is 0 Å². The van der Waals surface area contributed by atoms with Gasteiger partial charge in [0, 0.05) is 0 Å². The maximum absolute atomic E-state index is 12.2. The van der Waals surface area contributed by atoms with Crippen LogP contribution in [0.5, 0.6) is 0 Å². The molecular formula is C18H25NO3. The topological polar surface area (TPSA) is 49.8 Å². The number of carbonyl (C=O) groups is 1. The largest absolute Gasteiger partial charge is 0.438 e. The van der Waals surface area contributed by atoms with Crippen molar-refractivity contribution >= 4 is 6.09 Å². The Hall–Kier alpha value is -1.81. The summed E-state index contributed by atoms with van der Waals surface area (Å²) in [6.07, 6.45) is 2.98. The van der Waals surface area contributed by atoms with Gasteiger partial charge in [0.25, 0.3) is 0 Å². The fourth-order valence-electron chi connectivity index (χ4n) is 2.72. The zero-order chi connectivity index (χ0) is 16.4. The summed E-state index contributed by atoms with van der Waals surface area (Å²) in [5.41, 5.74) is -0.0674. The fourth-order valence-corrected chi connectivity index (χ4v) is 2.72. The Bertz CT molecular complexity index is 561. The number of ether oxygens (including phenoxy) is 1. The van der Waals surface area contributed by atoms with E-state index in [1.54, 1.807) is 13.8 Å².